The molecule has 0 amide bonds. The van der Waals surface area contributed by atoms with Crippen molar-refractivity contribution in [3.05, 3.63) is 16.4 Å². The van der Waals surface area contributed by atoms with E-state index in [-0.39, 0.29) is 11.5 Å². The van der Waals surface area contributed by atoms with Crippen molar-refractivity contribution in [2.45, 2.75) is 13.8 Å². The number of nitrogen functional groups attached to an aromatic ring is 1. The highest BCUT2D eigenvalue weighted by Crippen LogP contribution is 2.34. The van der Waals surface area contributed by atoms with Gasteiger partial charge in [-0.05, 0) is 11.8 Å². The topological polar surface area (TPSA) is 98.2 Å². The Bertz CT molecular complexity index is 440. The lowest BCUT2D eigenvalue weighted by atomic mass is 10.0. The van der Waals surface area contributed by atoms with Crippen molar-refractivity contribution in [2.75, 3.05) is 23.7 Å². The lowest BCUT2D eigenvalue weighted by Gasteiger charge is -2.16. The third-order valence-corrected chi connectivity index (χ3v) is 3.30. The van der Waals surface area contributed by atoms with Crippen LogP contribution in [0.1, 0.15) is 13.8 Å². The first-order valence-corrected chi connectivity index (χ1v) is 5.50. The van der Waals surface area contributed by atoms with Crippen molar-refractivity contribution in [1.29, 1.82) is 0 Å². The molecule has 7 heteroatoms. The Morgan fingerprint density at radius 3 is 2.53 bits per heavy atom. The Morgan fingerprint density at radius 1 is 1.41 bits per heavy atom. The summed E-state index contributed by atoms with van der Waals surface area (Å²) in [4.78, 5) is 20.0. The zero-order valence-corrected chi connectivity index (χ0v) is 9.83. The summed E-state index contributed by atoms with van der Waals surface area (Å²) in [7, 11) is 0. The Hall–Kier alpha value is -1.92. The fraction of sp³-hybridized carbons (Fsp3) is 0.600. The minimum atomic E-state index is -0.516. The molecule has 0 aromatic carbocycles. The number of hydrogen-bond acceptors (Lipinski definition) is 6. The number of anilines is 2. The Kier molecular flexibility index (Phi) is 2.83. The van der Waals surface area contributed by atoms with E-state index in [0.717, 1.165) is 13.1 Å². The quantitative estimate of drug-likeness (QED) is 0.610. The highest BCUT2D eigenvalue weighted by atomic mass is 16.6. The van der Waals surface area contributed by atoms with Crippen LogP contribution in [0.4, 0.5) is 17.3 Å². The van der Waals surface area contributed by atoms with Gasteiger partial charge in [-0.25, -0.2) is 9.97 Å². The van der Waals surface area contributed by atoms with Gasteiger partial charge >= 0.3 is 5.69 Å². The zero-order valence-electron chi connectivity index (χ0n) is 9.83. The molecule has 92 valence electrons. The van der Waals surface area contributed by atoms with Gasteiger partial charge in [0, 0.05) is 13.1 Å². The van der Waals surface area contributed by atoms with E-state index in [1.165, 1.54) is 6.33 Å². The lowest BCUT2D eigenvalue weighted by Crippen LogP contribution is -2.22. The van der Waals surface area contributed by atoms with E-state index >= 15 is 0 Å². The van der Waals surface area contributed by atoms with Gasteiger partial charge in [0.1, 0.15) is 6.33 Å². The summed E-state index contributed by atoms with van der Waals surface area (Å²) >= 11 is 0. The van der Waals surface area contributed by atoms with Crippen LogP contribution in [-0.2, 0) is 0 Å². The van der Waals surface area contributed by atoms with Crippen molar-refractivity contribution in [3.8, 4) is 0 Å². The van der Waals surface area contributed by atoms with Crippen LogP contribution in [0.25, 0.3) is 0 Å². The van der Waals surface area contributed by atoms with Crippen molar-refractivity contribution in [2.24, 2.45) is 11.8 Å². The van der Waals surface area contributed by atoms with E-state index < -0.39 is 4.92 Å². The van der Waals surface area contributed by atoms with Gasteiger partial charge in [0.25, 0.3) is 0 Å². The van der Waals surface area contributed by atoms with Gasteiger partial charge in [-0.15, -0.1) is 0 Å². The summed E-state index contributed by atoms with van der Waals surface area (Å²) < 4.78 is 0. The molecule has 2 rings (SSSR count). The smallest absolute Gasteiger partial charge is 0.353 e. The van der Waals surface area contributed by atoms with Crippen molar-refractivity contribution in [3.63, 3.8) is 0 Å². The molecular weight excluding hydrogens is 222 g/mol. The first-order chi connectivity index (χ1) is 8.00. The van der Waals surface area contributed by atoms with Gasteiger partial charge < -0.3 is 10.6 Å². The van der Waals surface area contributed by atoms with Gasteiger partial charge in [-0.1, -0.05) is 13.8 Å². The van der Waals surface area contributed by atoms with E-state index in [9.17, 15) is 10.1 Å². The first-order valence-electron chi connectivity index (χ1n) is 5.50. The second-order valence-corrected chi connectivity index (χ2v) is 4.55. The van der Waals surface area contributed by atoms with Crippen LogP contribution in [0.5, 0.6) is 0 Å². The standard InChI is InChI=1S/C10H15N5O2/c1-6-3-14(4-7(6)2)10-8(15(16)17)9(11)12-5-13-10/h5-7H,3-4H2,1-2H3,(H2,11,12,13). The molecule has 17 heavy (non-hydrogen) atoms. The van der Waals surface area contributed by atoms with Crippen molar-refractivity contribution >= 4 is 17.3 Å². The van der Waals surface area contributed by atoms with Crippen LogP contribution in [-0.4, -0.2) is 28.0 Å². The molecule has 7 nitrogen and oxygen atoms in total. The normalized spacial score (nSPS) is 24.0. The number of nitrogens with two attached hydrogens (primary N) is 1. The highest BCUT2D eigenvalue weighted by Gasteiger charge is 2.32. The fourth-order valence-electron chi connectivity index (χ4n) is 2.09. The predicted octanol–water partition coefficient (Wildman–Crippen LogP) is 1.06. The largest absolute Gasteiger partial charge is 0.378 e. The monoisotopic (exact) mass is 237 g/mol. The number of aromatic nitrogens is 2. The molecule has 0 spiro atoms. The van der Waals surface area contributed by atoms with Gasteiger partial charge in [0.15, 0.2) is 0 Å². The number of nitrogens with zero attached hydrogens (tertiary/aromatic N) is 4. The molecule has 2 N–H and O–H groups in total. The number of rotatable bonds is 2. The summed E-state index contributed by atoms with van der Waals surface area (Å²) in [5.41, 5.74) is 5.35. The maximum atomic E-state index is 11.0. The van der Waals surface area contributed by atoms with E-state index in [1.54, 1.807) is 0 Å². The molecule has 0 bridgehead atoms. The Balaban J connectivity index is 2.39. The van der Waals surface area contributed by atoms with Crippen LogP contribution >= 0.6 is 0 Å². The maximum Gasteiger partial charge on any atom is 0.353 e. The van der Waals surface area contributed by atoms with E-state index in [2.05, 4.69) is 23.8 Å². The summed E-state index contributed by atoms with van der Waals surface area (Å²) in [6.07, 6.45) is 1.27. The van der Waals surface area contributed by atoms with Crippen LogP contribution in [0.3, 0.4) is 0 Å². The van der Waals surface area contributed by atoms with Crippen LogP contribution in [0, 0.1) is 22.0 Å². The first kappa shape index (κ1) is 11.6. The van der Waals surface area contributed by atoms with Crippen LogP contribution in [0.15, 0.2) is 6.33 Å². The molecule has 1 aliphatic heterocycles. The van der Waals surface area contributed by atoms with E-state index in [1.807, 2.05) is 4.90 Å². The van der Waals surface area contributed by atoms with E-state index in [0.29, 0.717) is 17.7 Å². The molecule has 1 saturated heterocycles. The molecule has 1 aromatic rings. The third kappa shape index (κ3) is 2.00. The summed E-state index contributed by atoms with van der Waals surface area (Å²) in [5, 5.41) is 11.0. The fourth-order valence-corrected chi connectivity index (χ4v) is 2.09. The second kappa shape index (κ2) is 4.15. The molecule has 2 heterocycles. The average Bonchev–Trinajstić information content (AvgIpc) is 2.58. The molecule has 1 fully saturated rings. The van der Waals surface area contributed by atoms with Gasteiger partial charge in [0.05, 0.1) is 4.92 Å². The SMILES string of the molecule is CC1CN(c2ncnc(N)c2[N+](=O)[O-])CC1C. The minimum Gasteiger partial charge on any atom is -0.378 e. The summed E-state index contributed by atoms with van der Waals surface area (Å²) in [5.74, 6) is 1.24. The predicted molar refractivity (Wildman–Crippen MR) is 63.6 cm³/mol. The molecular formula is C10H15N5O2. The zero-order chi connectivity index (χ0) is 12.6. The lowest BCUT2D eigenvalue weighted by molar-refractivity contribution is -0.383. The highest BCUT2D eigenvalue weighted by molar-refractivity contribution is 5.68. The van der Waals surface area contributed by atoms with Crippen molar-refractivity contribution < 1.29 is 4.92 Å². The molecule has 0 radical (unpaired) electrons. The molecule has 2 atom stereocenters. The van der Waals surface area contributed by atoms with Crippen LogP contribution in [0.2, 0.25) is 0 Å². The van der Waals surface area contributed by atoms with Gasteiger partial charge in [0.2, 0.25) is 11.6 Å². The molecule has 1 aliphatic rings. The second-order valence-electron chi connectivity index (χ2n) is 4.55. The van der Waals surface area contributed by atoms with Gasteiger partial charge in [-0.3, -0.25) is 10.1 Å². The Morgan fingerprint density at radius 2 is 2.00 bits per heavy atom. The molecule has 1 aromatic heterocycles. The molecule has 0 saturated carbocycles. The van der Waals surface area contributed by atoms with Gasteiger partial charge in [-0.2, -0.15) is 0 Å². The van der Waals surface area contributed by atoms with E-state index in [4.69, 9.17) is 5.73 Å². The van der Waals surface area contributed by atoms with Crippen LogP contribution < -0.4 is 10.6 Å². The summed E-state index contributed by atoms with van der Waals surface area (Å²) in [6, 6.07) is 0. The molecule has 2 unspecified atom stereocenters. The molecule has 0 aliphatic carbocycles. The number of nitro groups is 1. The Labute approximate surface area is 98.8 Å². The number of hydrogen-bond donors (Lipinski definition) is 1. The summed E-state index contributed by atoms with van der Waals surface area (Å²) in [6.45, 7) is 5.78. The average molecular weight is 237 g/mol. The van der Waals surface area contributed by atoms with Crippen molar-refractivity contribution in [1.82, 2.24) is 9.97 Å². The third-order valence-electron chi connectivity index (χ3n) is 3.30. The minimum absolute atomic E-state index is 0.0767. The maximum absolute atomic E-state index is 11.0.